The molecule has 1 aromatic carbocycles. The zero-order valence-electron chi connectivity index (χ0n) is 25.8. The molecule has 1 atom stereocenters. The van der Waals surface area contributed by atoms with Crippen molar-refractivity contribution in [3.63, 3.8) is 0 Å². The minimum atomic E-state index is -1.16. The van der Waals surface area contributed by atoms with Crippen molar-refractivity contribution in [3.8, 4) is 17.0 Å². The van der Waals surface area contributed by atoms with Crippen LogP contribution in [0.1, 0.15) is 70.4 Å². The second kappa shape index (κ2) is 12.9. The van der Waals surface area contributed by atoms with Crippen LogP contribution in [0.2, 0.25) is 5.02 Å². The Morgan fingerprint density at radius 2 is 1.83 bits per heavy atom. The Hall–Kier alpha value is -3.36. The van der Waals surface area contributed by atoms with Crippen LogP contribution in [-0.2, 0) is 9.53 Å². The number of ether oxygens (including phenoxy) is 2. The fraction of sp³-hybridized carbons (Fsp3) is 0.485. The summed E-state index contributed by atoms with van der Waals surface area (Å²) in [6, 6.07) is 9.62. The molecule has 1 aliphatic heterocycles. The van der Waals surface area contributed by atoms with E-state index < -0.39 is 17.7 Å². The van der Waals surface area contributed by atoms with Crippen molar-refractivity contribution in [1.82, 2.24) is 9.97 Å². The Balaban J connectivity index is 1.61. The van der Waals surface area contributed by atoms with E-state index in [2.05, 4.69) is 29.0 Å². The number of rotatable bonds is 10. The van der Waals surface area contributed by atoms with E-state index in [1.807, 2.05) is 65.0 Å². The Bertz CT molecular complexity index is 1390. The molecule has 0 aliphatic carbocycles. The highest BCUT2D eigenvalue weighted by Gasteiger charge is 2.36. The van der Waals surface area contributed by atoms with Crippen LogP contribution in [0, 0.1) is 19.3 Å². The highest BCUT2D eigenvalue weighted by Crippen LogP contribution is 2.43. The lowest BCUT2D eigenvalue weighted by molar-refractivity contribution is -0.160. The van der Waals surface area contributed by atoms with Gasteiger partial charge in [0.15, 0.2) is 6.10 Å². The van der Waals surface area contributed by atoms with Crippen molar-refractivity contribution in [2.45, 2.75) is 73.0 Å². The van der Waals surface area contributed by atoms with Crippen molar-refractivity contribution in [3.05, 3.63) is 64.6 Å². The molecule has 1 fully saturated rings. The lowest BCUT2D eigenvalue weighted by Gasteiger charge is -2.40. The fourth-order valence-electron chi connectivity index (χ4n) is 5.11. The van der Waals surface area contributed by atoms with Crippen LogP contribution in [0.15, 0.2) is 42.7 Å². The number of carboxylic acid groups (broad SMARTS) is 1. The fourth-order valence-corrected chi connectivity index (χ4v) is 5.40. The number of hydrogen-bond donors (Lipinski definition) is 2. The minimum absolute atomic E-state index is 0.229. The van der Waals surface area contributed by atoms with Crippen LogP contribution in [-0.4, -0.2) is 52.9 Å². The second-order valence-electron chi connectivity index (χ2n) is 12.8. The monoisotopic (exact) mass is 594 g/mol. The molecule has 0 unspecified atom stereocenters. The molecule has 42 heavy (non-hydrogen) atoms. The molecular weight excluding hydrogens is 552 g/mol. The molecule has 1 aliphatic rings. The molecule has 0 radical (unpaired) electrons. The van der Waals surface area contributed by atoms with E-state index in [1.54, 1.807) is 12.4 Å². The quantitative estimate of drug-likeness (QED) is 0.233. The first-order valence-corrected chi connectivity index (χ1v) is 14.9. The lowest BCUT2D eigenvalue weighted by Crippen LogP contribution is -2.39. The summed E-state index contributed by atoms with van der Waals surface area (Å²) in [6.07, 6.45) is 4.41. The summed E-state index contributed by atoms with van der Waals surface area (Å²) < 4.78 is 11.9. The average Bonchev–Trinajstić information content (AvgIpc) is 2.91. The number of benzene rings is 1. The number of aliphatic carboxylic acids is 1. The molecule has 2 aromatic heterocycles. The van der Waals surface area contributed by atoms with Crippen molar-refractivity contribution >= 4 is 28.9 Å². The predicted octanol–water partition coefficient (Wildman–Crippen LogP) is 7.47. The smallest absolute Gasteiger partial charge is 0.337 e. The number of nitrogens with one attached hydrogen (secondary N) is 1. The van der Waals surface area contributed by atoms with Gasteiger partial charge < -0.3 is 24.8 Å². The number of piperidine rings is 1. The van der Waals surface area contributed by atoms with Gasteiger partial charge in [-0.1, -0.05) is 31.5 Å². The zero-order chi connectivity index (χ0) is 30.7. The van der Waals surface area contributed by atoms with Gasteiger partial charge in [-0.3, -0.25) is 9.97 Å². The van der Waals surface area contributed by atoms with Gasteiger partial charge in [-0.25, -0.2) is 4.79 Å². The summed E-state index contributed by atoms with van der Waals surface area (Å²) in [5.41, 5.74) is 5.08. The molecule has 3 aromatic rings. The molecule has 4 rings (SSSR count). The molecule has 0 spiro atoms. The van der Waals surface area contributed by atoms with Gasteiger partial charge in [0.25, 0.3) is 0 Å². The van der Waals surface area contributed by atoms with Crippen molar-refractivity contribution in [2.24, 2.45) is 5.41 Å². The maximum atomic E-state index is 12.6. The highest BCUT2D eigenvalue weighted by molar-refractivity contribution is 6.32. The molecular formula is C33H43ClN4O4. The number of aromatic nitrogens is 2. The first-order valence-electron chi connectivity index (χ1n) is 14.5. The highest BCUT2D eigenvalue weighted by atomic mass is 35.5. The standard InChI is InChI=1S/C33H43ClN4O4/c1-21-8-11-27(25(34)18-21)41-17-14-35-23-9-10-26(37-19-23)24-20-36-22(2)28(30(31(39)40)42-32(3,4)5)29(24)38-15-12-33(6,7)13-16-38/h8-11,18-20,30,35H,12-17H2,1-7H3,(H,39,40)/t30-/m0/s1. The number of carbonyl (C=O) groups is 1. The van der Waals surface area contributed by atoms with Gasteiger partial charge in [-0.05, 0) is 82.7 Å². The van der Waals surface area contributed by atoms with Crippen LogP contribution in [0.5, 0.6) is 5.75 Å². The van der Waals surface area contributed by atoms with Crippen LogP contribution >= 0.6 is 11.6 Å². The van der Waals surface area contributed by atoms with Gasteiger partial charge >= 0.3 is 5.97 Å². The third-order valence-electron chi connectivity index (χ3n) is 7.49. The first-order chi connectivity index (χ1) is 19.7. The molecule has 0 saturated carbocycles. The van der Waals surface area contributed by atoms with Gasteiger partial charge in [-0.2, -0.15) is 0 Å². The van der Waals surface area contributed by atoms with Crippen LogP contribution < -0.4 is 15.0 Å². The normalized spacial score (nSPS) is 15.8. The van der Waals surface area contributed by atoms with E-state index in [9.17, 15) is 9.90 Å². The van der Waals surface area contributed by atoms with E-state index in [0.29, 0.717) is 35.2 Å². The molecule has 8 nitrogen and oxygen atoms in total. The lowest BCUT2D eigenvalue weighted by atomic mass is 9.82. The summed E-state index contributed by atoms with van der Waals surface area (Å²) in [4.78, 5) is 24.3. The van der Waals surface area contributed by atoms with E-state index in [0.717, 1.165) is 54.1 Å². The third-order valence-corrected chi connectivity index (χ3v) is 7.79. The van der Waals surface area contributed by atoms with Gasteiger partial charge in [0.2, 0.25) is 0 Å². The Kier molecular flexibility index (Phi) is 9.68. The number of hydrogen-bond acceptors (Lipinski definition) is 7. The van der Waals surface area contributed by atoms with Crippen molar-refractivity contribution in [2.75, 3.05) is 36.5 Å². The Morgan fingerprint density at radius 3 is 2.43 bits per heavy atom. The van der Waals surface area contributed by atoms with E-state index in [-0.39, 0.29) is 5.41 Å². The molecule has 1 saturated heterocycles. The van der Waals surface area contributed by atoms with Crippen molar-refractivity contribution < 1.29 is 19.4 Å². The first kappa shape index (κ1) is 31.6. The largest absolute Gasteiger partial charge is 0.490 e. The Labute approximate surface area is 254 Å². The molecule has 226 valence electrons. The van der Waals surface area contributed by atoms with Gasteiger partial charge in [0.1, 0.15) is 12.4 Å². The van der Waals surface area contributed by atoms with E-state index in [4.69, 9.17) is 26.1 Å². The molecule has 2 N–H and O–H groups in total. The predicted molar refractivity (Wildman–Crippen MR) is 169 cm³/mol. The number of pyridine rings is 2. The van der Waals surface area contributed by atoms with E-state index in [1.165, 1.54) is 0 Å². The van der Waals surface area contributed by atoms with E-state index >= 15 is 0 Å². The van der Waals surface area contributed by atoms with Crippen LogP contribution in [0.25, 0.3) is 11.3 Å². The molecule has 9 heteroatoms. The molecule has 3 heterocycles. The maximum Gasteiger partial charge on any atom is 0.337 e. The third kappa shape index (κ3) is 7.92. The zero-order valence-corrected chi connectivity index (χ0v) is 26.5. The van der Waals surface area contributed by atoms with Crippen molar-refractivity contribution in [1.29, 1.82) is 0 Å². The van der Waals surface area contributed by atoms with Gasteiger partial charge in [0, 0.05) is 42.7 Å². The molecule has 0 bridgehead atoms. The Morgan fingerprint density at radius 1 is 1.12 bits per heavy atom. The van der Waals surface area contributed by atoms with Gasteiger partial charge in [0.05, 0.1) is 33.9 Å². The van der Waals surface area contributed by atoms with Gasteiger partial charge in [-0.15, -0.1) is 0 Å². The molecule has 0 amide bonds. The minimum Gasteiger partial charge on any atom is -0.490 e. The summed E-state index contributed by atoms with van der Waals surface area (Å²) >= 11 is 6.27. The topological polar surface area (TPSA) is 96.8 Å². The van der Waals surface area contributed by atoms with Crippen LogP contribution in [0.4, 0.5) is 11.4 Å². The number of carboxylic acids is 1. The number of halogens is 1. The number of anilines is 2. The second-order valence-corrected chi connectivity index (χ2v) is 13.2. The summed E-state index contributed by atoms with van der Waals surface area (Å²) in [5, 5.41) is 14.2. The number of nitrogens with zero attached hydrogens (tertiary/aromatic N) is 3. The SMILES string of the molecule is Cc1ccc(OCCNc2ccc(-c3cnc(C)c([C@H](OC(C)(C)C)C(=O)O)c3N3CCC(C)(C)CC3)nc2)c(Cl)c1. The maximum absolute atomic E-state index is 12.6. The number of aryl methyl sites for hydroxylation is 2. The summed E-state index contributed by atoms with van der Waals surface area (Å²) in [7, 11) is 0. The van der Waals surface area contributed by atoms with Crippen LogP contribution in [0.3, 0.4) is 0 Å². The summed E-state index contributed by atoms with van der Waals surface area (Å²) in [6.45, 7) is 16.6. The summed E-state index contributed by atoms with van der Waals surface area (Å²) in [5.74, 6) is -0.379. The average molecular weight is 595 g/mol.